The van der Waals surface area contributed by atoms with Crippen molar-refractivity contribution in [3.05, 3.63) is 66.3 Å². The van der Waals surface area contributed by atoms with Crippen molar-refractivity contribution in [3.8, 4) is 11.4 Å². The summed E-state index contributed by atoms with van der Waals surface area (Å²) < 4.78 is 5.69. The van der Waals surface area contributed by atoms with E-state index in [4.69, 9.17) is 9.51 Å². The second-order valence-corrected chi connectivity index (χ2v) is 8.05. The molecule has 0 spiro atoms. The van der Waals surface area contributed by atoms with Crippen molar-refractivity contribution in [1.82, 2.24) is 20.0 Å². The molecular weight excluding hydrogens is 364 g/mol. The number of carbonyl (C=O) groups excluding carboxylic acids is 1. The Morgan fingerprint density at radius 3 is 2.55 bits per heavy atom. The van der Waals surface area contributed by atoms with Crippen LogP contribution in [0.4, 0.5) is 0 Å². The first-order valence-corrected chi connectivity index (χ1v) is 10.4. The topological polar surface area (TPSA) is 72.1 Å². The lowest BCUT2D eigenvalue weighted by Gasteiger charge is -2.20. The van der Waals surface area contributed by atoms with Crippen LogP contribution in [0, 0.1) is 5.92 Å². The van der Waals surface area contributed by atoms with Gasteiger partial charge in [0.15, 0.2) is 0 Å². The molecule has 0 unspecified atom stereocenters. The molecule has 2 aliphatic rings. The van der Waals surface area contributed by atoms with Gasteiger partial charge >= 0.3 is 0 Å². The second kappa shape index (κ2) is 7.78. The first-order valence-electron chi connectivity index (χ1n) is 10.4. The van der Waals surface area contributed by atoms with E-state index < -0.39 is 0 Å². The first-order chi connectivity index (χ1) is 14.3. The monoisotopic (exact) mass is 388 g/mol. The molecule has 1 aliphatic heterocycles. The molecule has 148 valence electrons. The Bertz CT molecular complexity index is 967. The number of benzene rings is 1. The molecule has 1 amide bonds. The number of hydrogen-bond acceptors (Lipinski definition) is 5. The number of carbonyl (C=O) groups is 1. The van der Waals surface area contributed by atoms with E-state index >= 15 is 0 Å². The second-order valence-electron chi connectivity index (χ2n) is 8.05. The molecule has 6 nitrogen and oxygen atoms in total. The minimum absolute atomic E-state index is 0.0190. The summed E-state index contributed by atoms with van der Waals surface area (Å²) in [6, 6.07) is 13.8. The predicted octanol–water partition coefficient (Wildman–Crippen LogP) is 4.03. The average Bonchev–Trinajstić information content (AvgIpc) is 3.55. The Morgan fingerprint density at radius 2 is 1.79 bits per heavy atom. The van der Waals surface area contributed by atoms with Gasteiger partial charge in [0.05, 0.1) is 5.92 Å². The van der Waals surface area contributed by atoms with Crippen LogP contribution < -0.4 is 0 Å². The summed E-state index contributed by atoms with van der Waals surface area (Å²) in [5, 5.41) is 4.20. The zero-order valence-corrected chi connectivity index (χ0v) is 16.3. The fourth-order valence-corrected chi connectivity index (χ4v) is 4.69. The highest BCUT2D eigenvalue weighted by Crippen LogP contribution is 2.40. The van der Waals surface area contributed by atoms with Gasteiger partial charge in [-0.15, -0.1) is 0 Å². The standard InChI is InChI=1S/C23H24N4O2/c28-23(17-9-4-5-10-17)27-14-19(18-11-6-12-24-13-18)20(15-27)22-25-21(26-29-22)16-7-2-1-3-8-16/h1-3,6-8,11-13,17,19-20H,4-5,9-10,14-15H2/t19-,20+/m0/s1. The largest absolute Gasteiger partial charge is 0.341 e. The van der Waals surface area contributed by atoms with Gasteiger partial charge in [0, 0.05) is 42.9 Å². The third-order valence-corrected chi connectivity index (χ3v) is 6.24. The minimum atomic E-state index is -0.0190. The third kappa shape index (κ3) is 3.55. The lowest BCUT2D eigenvalue weighted by atomic mass is 9.90. The summed E-state index contributed by atoms with van der Waals surface area (Å²) in [6.45, 7) is 1.29. The zero-order valence-electron chi connectivity index (χ0n) is 16.3. The van der Waals surface area contributed by atoms with Crippen LogP contribution in [-0.2, 0) is 4.79 Å². The highest BCUT2D eigenvalue weighted by atomic mass is 16.5. The van der Waals surface area contributed by atoms with Crippen LogP contribution in [0.1, 0.15) is 49.0 Å². The molecule has 5 rings (SSSR count). The summed E-state index contributed by atoms with van der Waals surface area (Å²) in [5.74, 6) is 1.73. The Balaban J connectivity index is 1.44. The molecule has 29 heavy (non-hydrogen) atoms. The van der Waals surface area contributed by atoms with Crippen LogP contribution in [0.15, 0.2) is 59.4 Å². The summed E-state index contributed by atoms with van der Waals surface area (Å²) in [5.41, 5.74) is 2.04. The summed E-state index contributed by atoms with van der Waals surface area (Å²) >= 11 is 0. The molecule has 2 fully saturated rings. The molecule has 0 radical (unpaired) electrons. The van der Waals surface area contributed by atoms with Crippen molar-refractivity contribution in [2.45, 2.75) is 37.5 Å². The maximum absolute atomic E-state index is 13.1. The molecule has 6 heteroatoms. The number of pyridine rings is 1. The van der Waals surface area contributed by atoms with Crippen LogP contribution in [-0.4, -0.2) is 39.0 Å². The lowest BCUT2D eigenvalue weighted by molar-refractivity contribution is -0.134. The van der Waals surface area contributed by atoms with E-state index in [2.05, 4.69) is 16.2 Å². The fourth-order valence-electron chi connectivity index (χ4n) is 4.69. The zero-order chi connectivity index (χ0) is 19.6. The van der Waals surface area contributed by atoms with E-state index in [0.29, 0.717) is 24.8 Å². The quantitative estimate of drug-likeness (QED) is 0.675. The van der Waals surface area contributed by atoms with E-state index in [1.165, 1.54) is 0 Å². The van der Waals surface area contributed by atoms with Crippen molar-refractivity contribution < 1.29 is 9.32 Å². The number of rotatable bonds is 4. The highest BCUT2D eigenvalue weighted by Gasteiger charge is 2.42. The number of hydrogen-bond donors (Lipinski definition) is 0. The van der Waals surface area contributed by atoms with E-state index in [1.54, 1.807) is 6.20 Å². The van der Waals surface area contributed by atoms with Gasteiger partial charge in [0.1, 0.15) is 0 Å². The van der Waals surface area contributed by atoms with Crippen LogP contribution in [0.25, 0.3) is 11.4 Å². The molecule has 1 aliphatic carbocycles. The van der Waals surface area contributed by atoms with E-state index in [9.17, 15) is 4.79 Å². The van der Waals surface area contributed by atoms with Gasteiger partial charge in [0.2, 0.25) is 17.6 Å². The SMILES string of the molecule is O=C(C1CCCC1)N1C[C@@H](c2cccnc2)[C@H](c2nc(-c3ccccc3)no2)C1. The van der Waals surface area contributed by atoms with Crippen LogP contribution >= 0.6 is 0 Å². The molecule has 3 heterocycles. The highest BCUT2D eigenvalue weighted by molar-refractivity contribution is 5.79. The van der Waals surface area contributed by atoms with Gasteiger partial charge in [-0.1, -0.05) is 54.4 Å². The van der Waals surface area contributed by atoms with Gasteiger partial charge < -0.3 is 9.42 Å². The first kappa shape index (κ1) is 18.0. The van der Waals surface area contributed by atoms with Crippen molar-refractivity contribution in [2.24, 2.45) is 5.92 Å². The maximum Gasteiger partial charge on any atom is 0.232 e. The Morgan fingerprint density at radius 1 is 1.00 bits per heavy atom. The number of likely N-dealkylation sites (tertiary alicyclic amines) is 1. The Hall–Kier alpha value is -3.02. The molecule has 1 aromatic carbocycles. The predicted molar refractivity (Wildman–Crippen MR) is 108 cm³/mol. The van der Waals surface area contributed by atoms with E-state index in [0.717, 1.165) is 36.8 Å². The van der Waals surface area contributed by atoms with Crippen LogP contribution in [0.3, 0.4) is 0 Å². The number of nitrogens with zero attached hydrogens (tertiary/aromatic N) is 4. The maximum atomic E-state index is 13.1. The van der Waals surface area contributed by atoms with Crippen molar-refractivity contribution >= 4 is 5.91 Å². The van der Waals surface area contributed by atoms with E-state index in [-0.39, 0.29) is 23.7 Å². The summed E-state index contributed by atoms with van der Waals surface area (Å²) in [4.78, 5) is 24.1. The van der Waals surface area contributed by atoms with Gasteiger partial charge in [-0.05, 0) is 24.5 Å². The lowest BCUT2D eigenvalue weighted by Crippen LogP contribution is -2.33. The Labute approximate surface area is 170 Å². The molecule has 2 atom stereocenters. The van der Waals surface area contributed by atoms with Gasteiger partial charge in [-0.3, -0.25) is 9.78 Å². The van der Waals surface area contributed by atoms with Gasteiger partial charge in [-0.2, -0.15) is 4.98 Å². The summed E-state index contributed by atoms with van der Waals surface area (Å²) in [7, 11) is 0. The molecule has 0 bridgehead atoms. The average molecular weight is 388 g/mol. The van der Waals surface area contributed by atoms with Crippen LogP contribution in [0.2, 0.25) is 0 Å². The van der Waals surface area contributed by atoms with Crippen molar-refractivity contribution in [3.63, 3.8) is 0 Å². The normalized spacial score (nSPS) is 22.3. The molecule has 2 aromatic heterocycles. The molecular formula is C23H24N4O2. The number of aromatic nitrogens is 3. The molecule has 1 saturated carbocycles. The van der Waals surface area contributed by atoms with E-state index in [1.807, 2.05) is 47.5 Å². The molecule has 3 aromatic rings. The van der Waals surface area contributed by atoms with Gasteiger partial charge in [0.25, 0.3) is 0 Å². The number of amides is 1. The van der Waals surface area contributed by atoms with Crippen molar-refractivity contribution in [2.75, 3.05) is 13.1 Å². The van der Waals surface area contributed by atoms with Crippen LogP contribution in [0.5, 0.6) is 0 Å². The molecule has 0 N–H and O–H groups in total. The van der Waals surface area contributed by atoms with Crippen molar-refractivity contribution in [1.29, 1.82) is 0 Å². The Kier molecular flexibility index (Phi) is 4.84. The van der Waals surface area contributed by atoms with Gasteiger partial charge in [-0.25, -0.2) is 0 Å². The third-order valence-electron chi connectivity index (χ3n) is 6.24. The summed E-state index contributed by atoms with van der Waals surface area (Å²) in [6.07, 6.45) is 7.99. The fraction of sp³-hybridized carbons (Fsp3) is 0.391. The smallest absolute Gasteiger partial charge is 0.232 e. The molecule has 1 saturated heterocycles. The minimum Gasteiger partial charge on any atom is -0.341 e.